The van der Waals surface area contributed by atoms with Crippen LogP contribution < -0.4 is 16.6 Å². The fourth-order valence-corrected chi connectivity index (χ4v) is 0.805. The number of hydrazine groups is 1. The van der Waals surface area contributed by atoms with Crippen molar-refractivity contribution in [1.82, 2.24) is 5.43 Å². The third kappa shape index (κ3) is 2.13. The Hall–Kier alpha value is -1.76. The summed E-state index contributed by atoms with van der Waals surface area (Å²) in [6, 6.07) is 0.0167. The van der Waals surface area contributed by atoms with Gasteiger partial charge in [0.2, 0.25) is 0 Å². The lowest BCUT2D eigenvalue weighted by atomic mass is 10.3. The molecule has 2 amide bonds. The molecule has 0 radical (unpaired) electrons. The highest BCUT2D eigenvalue weighted by atomic mass is 19.2. The molecule has 1 rings (SSSR count). The molecule has 0 bridgehead atoms. The minimum atomic E-state index is -1.39. The molecule has 4 nitrogen and oxygen atoms in total. The van der Waals surface area contributed by atoms with E-state index in [0.717, 1.165) is 0 Å². The molecule has 4 N–H and O–H groups in total. The summed E-state index contributed by atoms with van der Waals surface area (Å²) >= 11 is 0. The Balaban J connectivity index is 3.02. The van der Waals surface area contributed by atoms with Crippen LogP contribution in [0.5, 0.6) is 0 Å². The number of urea groups is 1. The second-order valence-corrected chi connectivity index (χ2v) is 2.35. The maximum Gasteiger partial charge on any atom is 0.333 e. The molecule has 0 heterocycles. The number of carbonyl (C=O) groups is 1. The van der Waals surface area contributed by atoms with Crippen LogP contribution in [-0.4, -0.2) is 6.03 Å². The zero-order valence-electron chi connectivity index (χ0n) is 6.77. The van der Waals surface area contributed by atoms with Crippen molar-refractivity contribution in [2.75, 3.05) is 5.32 Å². The fourth-order valence-electron chi connectivity index (χ4n) is 0.805. The number of nitrogens with two attached hydrogens (primary N) is 1. The van der Waals surface area contributed by atoms with Crippen molar-refractivity contribution in [3.05, 3.63) is 29.6 Å². The summed E-state index contributed by atoms with van der Waals surface area (Å²) in [6.45, 7) is 0. The summed E-state index contributed by atoms with van der Waals surface area (Å²) in [6.07, 6.45) is 0. The first-order valence-corrected chi connectivity index (χ1v) is 3.46. The van der Waals surface area contributed by atoms with Gasteiger partial charge in [-0.15, -0.1) is 0 Å². The third-order valence-electron chi connectivity index (χ3n) is 1.37. The van der Waals surface area contributed by atoms with E-state index < -0.39 is 29.2 Å². The molecule has 76 valence electrons. The van der Waals surface area contributed by atoms with Gasteiger partial charge in [0.15, 0.2) is 11.6 Å². The highest BCUT2D eigenvalue weighted by molar-refractivity contribution is 5.88. The molecule has 0 aliphatic carbocycles. The first-order valence-electron chi connectivity index (χ1n) is 3.46. The van der Waals surface area contributed by atoms with Crippen molar-refractivity contribution in [2.45, 2.75) is 0 Å². The van der Waals surface area contributed by atoms with Gasteiger partial charge < -0.3 is 5.32 Å². The lowest BCUT2D eigenvalue weighted by Crippen LogP contribution is -2.34. The molecule has 0 aromatic heterocycles. The quantitative estimate of drug-likeness (QED) is 0.278. The molecular formula is C7H6F3N3O. The van der Waals surface area contributed by atoms with Crippen molar-refractivity contribution in [1.29, 1.82) is 0 Å². The fraction of sp³-hybridized carbons (Fsp3) is 0. The lowest BCUT2D eigenvalue weighted by Gasteiger charge is -2.05. The van der Waals surface area contributed by atoms with E-state index >= 15 is 0 Å². The second kappa shape index (κ2) is 3.97. The standard InChI is InChI=1S/C7H6F3N3O/c8-3-1-4(9)6(10)5(2-3)12-7(14)13-11/h1-2H,11H2,(H2,12,13,14). The number of carbonyl (C=O) groups excluding carboxylic acids is 1. The van der Waals surface area contributed by atoms with Gasteiger partial charge in [0.1, 0.15) is 5.82 Å². The minimum Gasteiger partial charge on any atom is -0.304 e. The molecule has 0 spiro atoms. The SMILES string of the molecule is NNC(=O)Nc1cc(F)cc(F)c1F. The molecule has 0 aliphatic rings. The van der Waals surface area contributed by atoms with Gasteiger partial charge in [-0.25, -0.2) is 23.8 Å². The van der Waals surface area contributed by atoms with Gasteiger partial charge in [-0.3, -0.25) is 5.43 Å². The molecule has 14 heavy (non-hydrogen) atoms. The number of hydrogen-bond donors (Lipinski definition) is 3. The smallest absolute Gasteiger partial charge is 0.304 e. The average molecular weight is 205 g/mol. The van der Waals surface area contributed by atoms with E-state index in [-0.39, 0.29) is 0 Å². The number of anilines is 1. The number of halogens is 3. The summed E-state index contributed by atoms with van der Waals surface area (Å²) < 4.78 is 38.0. The highest BCUT2D eigenvalue weighted by Crippen LogP contribution is 2.18. The van der Waals surface area contributed by atoms with Gasteiger partial charge >= 0.3 is 6.03 Å². The second-order valence-electron chi connectivity index (χ2n) is 2.35. The minimum absolute atomic E-state index is 0.362. The van der Waals surface area contributed by atoms with Crippen LogP contribution in [0.15, 0.2) is 12.1 Å². The summed E-state index contributed by atoms with van der Waals surface area (Å²) in [5.41, 5.74) is 0.998. The summed E-state index contributed by atoms with van der Waals surface area (Å²) in [7, 11) is 0. The highest BCUT2D eigenvalue weighted by Gasteiger charge is 2.12. The van der Waals surface area contributed by atoms with E-state index in [1.54, 1.807) is 5.43 Å². The van der Waals surface area contributed by atoms with Crippen LogP contribution in [0.4, 0.5) is 23.7 Å². The van der Waals surface area contributed by atoms with E-state index in [9.17, 15) is 18.0 Å². The van der Waals surface area contributed by atoms with Gasteiger partial charge in [0.05, 0.1) is 5.69 Å². The Morgan fingerprint density at radius 2 is 1.93 bits per heavy atom. The van der Waals surface area contributed by atoms with Crippen LogP contribution in [-0.2, 0) is 0 Å². The number of hydrogen-bond acceptors (Lipinski definition) is 2. The Kier molecular flexibility index (Phi) is 2.92. The molecule has 0 atom stereocenters. The predicted molar refractivity (Wildman–Crippen MR) is 42.7 cm³/mol. The Morgan fingerprint density at radius 1 is 1.29 bits per heavy atom. The number of amides is 2. The normalized spacial score (nSPS) is 9.71. The van der Waals surface area contributed by atoms with Gasteiger partial charge in [-0.2, -0.15) is 0 Å². The molecule has 0 saturated carbocycles. The van der Waals surface area contributed by atoms with Crippen molar-refractivity contribution >= 4 is 11.7 Å². The van der Waals surface area contributed by atoms with Crippen LogP contribution in [0.1, 0.15) is 0 Å². The summed E-state index contributed by atoms with van der Waals surface area (Å²) in [5, 5.41) is 1.81. The zero-order valence-corrected chi connectivity index (χ0v) is 6.77. The number of rotatable bonds is 1. The molecule has 0 saturated heterocycles. The Labute approximate surface area is 76.9 Å². The lowest BCUT2D eigenvalue weighted by molar-refractivity contribution is 0.252. The molecule has 7 heteroatoms. The van der Waals surface area contributed by atoms with Crippen molar-refractivity contribution in [2.24, 2.45) is 5.84 Å². The van der Waals surface area contributed by atoms with E-state index in [4.69, 9.17) is 0 Å². The first-order chi connectivity index (χ1) is 6.54. The van der Waals surface area contributed by atoms with Gasteiger partial charge in [-0.05, 0) is 0 Å². The number of nitrogens with one attached hydrogen (secondary N) is 2. The van der Waals surface area contributed by atoms with Crippen LogP contribution in [0.3, 0.4) is 0 Å². The van der Waals surface area contributed by atoms with E-state index in [2.05, 4.69) is 5.84 Å². The predicted octanol–water partition coefficient (Wildman–Crippen LogP) is 1.10. The molecular weight excluding hydrogens is 199 g/mol. The molecule has 0 aliphatic heterocycles. The average Bonchev–Trinajstić information content (AvgIpc) is 2.13. The Morgan fingerprint density at radius 3 is 2.50 bits per heavy atom. The Bertz CT molecular complexity index is 369. The van der Waals surface area contributed by atoms with Gasteiger partial charge in [0.25, 0.3) is 0 Å². The van der Waals surface area contributed by atoms with Crippen LogP contribution in [0.25, 0.3) is 0 Å². The number of benzene rings is 1. The van der Waals surface area contributed by atoms with Crippen molar-refractivity contribution < 1.29 is 18.0 Å². The van der Waals surface area contributed by atoms with Crippen LogP contribution >= 0.6 is 0 Å². The van der Waals surface area contributed by atoms with Crippen LogP contribution in [0.2, 0.25) is 0 Å². The van der Waals surface area contributed by atoms with Crippen molar-refractivity contribution in [3.63, 3.8) is 0 Å². The van der Waals surface area contributed by atoms with Crippen molar-refractivity contribution in [3.8, 4) is 0 Å². The monoisotopic (exact) mass is 205 g/mol. The molecule has 1 aromatic rings. The van der Waals surface area contributed by atoms with E-state index in [1.165, 1.54) is 0 Å². The van der Waals surface area contributed by atoms with E-state index in [1.807, 2.05) is 5.32 Å². The zero-order chi connectivity index (χ0) is 10.7. The first kappa shape index (κ1) is 10.3. The summed E-state index contributed by atoms with van der Waals surface area (Å²) in [5.74, 6) is 0.927. The molecule has 0 unspecified atom stereocenters. The maximum atomic E-state index is 12.9. The molecule has 1 aromatic carbocycles. The van der Waals surface area contributed by atoms with E-state index in [0.29, 0.717) is 12.1 Å². The molecule has 0 fully saturated rings. The van der Waals surface area contributed by atoms with Gasteiger partial charge in [-0.1, -0.05) is 0 Å². The summed E-state index contributed by atoms with van der Waals surface area (Å²) in [4.78, 5) is 10.6. The topological polar surface area (TPSA) is 67.1 Å². The van der Waals surface area contributed by atoms with Crippen LogP contribution in [0, 0.1) is 17.5 Å². The van der Waals surface area contributed by atoms with Gasteiger partial charge in [0, 0.05) is 12.1 Å². The third-order valence-corrected chi connectivity index (χ3v) is 1.37. The largest absolute Gasteiger partial charge is 0.333 e. The maximum absolute atomic E-state index is 12.9.